The summed E-state index contributed by atoms with van der Waals surface area (Å²) in [6, 6.07) is 8.41. The summed E-state index contributed by atoms with van der Waals surface area (Å²) in [5, 5.41) is 3.25. The Hall–Kier alpha value is -3.96. The Morgan fingerprint density at radius 1 is 1.00 bits per heavy atom. The normalized spacial score (nSPS) is 18.1. The van der Waals surface area contributed by atoms with E-state index in [1.54, 1.807) is 10.6 Å². The maximum absolute atomic E-state index is 14.1. The molecular weight excluding hydrogens is 447 g/mol. The number of alkyl halides is 3. The van der Waals surface area contributed by atoms with Crippen LogP contribution in [0.15, 0.2) is 42.5 Å². The van der Waals surface area contributed by atoms with Gasteiger partial charge in [0.2, 0.25) is 0 Å². The van der Waals surface area contributed by atoms with Crippen molar-refractivity contribution in [3.05, 3.63) is 53.6 Å². The van der Waals surface area contributed by atoms with Gasteiger partial charge in [0.25, 0.3) is 17.5 Å². The highest BCUT2D eigenvalue weighted by Crippen LogP contribution is 2.35. The van der Waals surface area contributed by atoms with E-state index in [-0.39, 0.29) is 17.1 Å². The molecule has 2 aromatic carbocycles. The van der Waals surface area contributed by atoms with Crippen LogP contribution in [0.4, 0.5) is 18.0 Å². The molecule has 1 atom stereocenters. The molecular formula is C21H20F3N3O6. The van der Waals surface area contributed by atoms with Crippen molar-refractivity contribution in [3.8, 4) is 17.2 Å². The van der Waals surface area contributed by atoms with Crippen LogP contribution >= 0.6 is 0 Å². The summed E-state index contributed by atoms with van der Waals surface area (Å²) in [6.07, 6.45) is -5.33. The third-order valence-corrected chi connectivity index (χ3v) is 4.98. The SMILES string of the molecule is COc1ccc(CN2C(=O)N[C@](NC(=O)c3ccc(OC)c(OC)c3)(C(F)(F)F)C2=O)cc1. The molecule has 1 fully saturated rings. The summed E-state index contributed by atoms with van der Waals surface area (Å²) in [6.45, 7) is -0.446. The number of rotatable bonds is 7. The maximum Gasteiger partial charge on any atom is 0.440 e. The number of amides is 4. The second-order valence-corrected chi connectivity index (χ2v) is 6.94. The first-order valence-corrected chi connectivity index (χ1v) is 9.44. The Bertz CT molecular complexity index is 1070. The summed E-state index contributed by atoms with van der Waals surface area (Å²) in [5.41, 5.74) is -3.50. The van der Waals surface area contributed by atoms with Gasteiger partial charge in [0.1, 0.15) is 5.75 Å². The van der Waals surface area contributed by atoms with E-state index >= 15 is 0 Å². The molecule has 1 aliphatic rings. The molecule has 0 radical (unpaired) electrons. The van der Waals surface area contributed by atoms with Gasteiger partial charge in [-0.1, -0.05) is 12.1 Å². The average molecular weight is 467 g/mol. The fourth-order valence-corrected chi connectivity index (χ4v) is 3.20. The number of methoxy groups -OCH3 is 3. The van der Waals surface area contributed by atoms with Gasteiger partial charge in [-0.05, 0) is 35.9 Å². The predicted molar refractivity (Wildman–Crippen MR) is 108 cm³/mol. The van der Waals surface area contributed by atoms with Gasteiger partial charge in [-0.3, -0.25) is 19.8 Å². The highest BCUT2D eigenvalue weighted by molar-refractivity contribution is 6.10. The molecule has 4 amide bonds. The number of benzene rings is 2. The van der Waals surface area contributed by atoms with Crippen molar-refractivity contribution in [2.45, 2.75) is 18.4 Å². The van der Waals surface area contributed by atoms with Crippen LogP contribution in [-0.2, 0) is 11.3 Å². The lowest BCUT2D eigenvalue weighted by atomic mass is 10.1. The van der Waals surface area contributed by atoms with Gasteiger partial charge in [-0.2, -0.15) is 13.2 Å². The molecule has 1 heterocycles. The van der Waals surface area contributed by atoms with E-state index in [9.17, 15) is 27.6 Å². The minimum absolute atomic E-state index is 0.0918. The number of nitrogens with zero attached hydrogens (tertiary/aromatic N) is 1. The van der Waals surface area contributed by atoms with Gasteiger partial charge in [-0.15, -0.1) is 0 Å². The van der Waals surface area contributed by atoms with Gasteiger partial charge in [-0.25, -0.2) is 4.79 Å². The van der Waals surface area contributed by atoms with Crippen molar-refractivity contribution in [1.82, 2.24) is 15.5 Å². The van der Waals surface area contributed by atoms with E-state index < -0.39 is 36.2 Å². The lowest BCUT2D eigenvalue weighted by Crippen LogP contribution is -2.69. The van der Waals surface area contributed by atoms with Crippen LogP contribution in [-0.4, -0.2) is 55.9 Å². The van der Waals surface area contributed by atoms with E-state index in [0.717, 1.165) is 6.07 Å². The number of ether oxygens (including phenoxy) is 3. The Morgan fingerprint density at radius 3 is 2.18 bits per heavy atom. The van der Waals surface area contributed by atoms with E-state index in [2.05, 4.69) is 0 Å². The Morgan fingerprint density at radius 2 is 1.64 bits per heavy atom. The van der Waals surface area contributed by atoms with Crippen LogP contribution in [0.5, 0.6) is 17.2 Å². The lowest BCUT2D eigenvalue weighted by molar-refractivity contribution is -0.200. The number of hydrogen-bond donors (Lipinski definition) is 2. The number of nitrogens with one attached hydrogen (secondary N) is 2. The highest BCUT2D eigenvalue weighted by Gasteiger charge is 2.68. The number of halogens is 3. The molecule has 0 aromatic heterocycles. The zero-order chi connectivity index (χ0) is 24.4. The maximum atomic E-state index is 14.1. The van der Waals surface area contributed by atoms with Gasteiger partial charge >= 0.3 is 12.2 Å². The fraction of sp³-hybridized carbons (Fsp3) is 0.286. The number of carbonyl (C=O) groups is 3. The molecule has 1 aliphatic heterocycles. The van der Waals surface area contributed by atoms with Crippen molar-refractivity contribution in [3.63, 3.8) is 0 Å². The van der Waals surface area contributed by atoms with Gasteiger partial charge < -0.3 is 19.5 Å². The predicted octanol–water partition coefficient (Wildman–Crippen LogP) is 2.45. The van der Waals surface area contributed by atoms with Gasteiger partial charge in [0.15, 0.2) is 11.5 Å². The fourth-order valence-electron chi connectivity index (χ4n) is 3.20. The summed E-state index contributed by atoms with van der Waals surface area (Å²) >= 11 is 0. The van der Waals surface area contributed by atoms with Gasteiger partial charge in [0.05, 0.1) is 27.9 Å². The van der Waals surface area contributed by atoms with E-state index in [1.165, 1.54) is 57.7 Å². The molecule has 0 unspecified atom stereocenters. The van der Waals surface area contributed by atoms with Crippen molar-refractivity contribution in [2.75, 3.05) is 21.3 Å². The number of carbonyl (C=O) groups excluding carboxylic acids is 3. The molecule has 3 rings (SSSR count). The van der Waals surface area contributed by atoms with Crippen molar-refractivity contribution in [2.24, 2.45) is 0 Å². The van der Waals surface area contributed by atoms with Crippen molar-refractivity contribution < 1.29 is 41.8 Å². The molecule has 1 saturated heterocycles. The Labute approximate surface area is 186 Å². The average Bonchev–Trinajstić information content (AvgIpc) is 3.03. The summed E-state index contributed by atoms with van der Waals surface area (Å²) < 4.78 is 57.2. The van der Waals surface area contributed by atoms with Crippen LogP contribution in [0.25, 0.3) is 0 Å². The van der Waals surface area contributed by atoms with Crippen molar-refractivity contribution in [1.29, 1.82) is 0 Å². The smallest absolute Gasteiger partial charge is 0.440 e. The molecule has 0 spiro atoms. The van der Waals surface area contributed by atoms with Crippen LogP contribution in [0, 0.1) is 0 Å². The Kier molecular flexibility index (Phi) is 6.38. The topological polar surface area (TPSA) is 106 Å². The molecule has 33 heavy (non-hydrogen) atoms. The molecule has 0 aliphatic carbocycles. The van der Waals surface area contributed by atoms with Crippen molar-refractivity contribution >= 4 is 17.8 Å². The standard InChI is InChI=1S/C21H20F3N3O6/c1-31-14-7-4-12(5-8-14)11-27-18(29)20(21(22,23)24,26-19(27)30)25-17(28)13-6-9-15(32-2)16(10-13)33-3/h4-10H,11H2,1-3H3,(H,25,28)(H,26,30)/t20-/m0/s1. The molecule has 0 bridgehead atoms. The van der Waals surface area contributed by atoms with Gasteiger partial charge in [0, 0.05) is 5.56 Å². The molecule has 176 valence electrons. The van der Waals surface area contributed by atoms with Crippen LogP contribution in [0.1, 0.15) is 15.9 Å². The monoisotopic (exact) mass is 467 g/mol. The summed E-state index contributed by atoms with van der Waals surface area (Å²) in [5.74, 6) is -2.09. The second kappa shape index (κ2) is 8.88. The van der Waals surface area contributed by atoms with E-state index in [4.69, 9.17) is 14.2 Å². The molecule has 12 heteroatoms. The van der Waals surface area contributed by atoms with Crippen LogP contribution in [0.2, 0.25) is 0 Å². The van der Waals surface area contributed by atoms with Crippen LogP contribution < -0.4 is 24.8 Å². The second-order valence-electron chi connectivity index (χ2n) is 6.94. The number of imide groups is 1. The van der Waals surface area contributed by atoms with E-state index in [1.807, 2.05) is 0 Å². The largest absolute Gasteiger partial charge is 0.497 e. The molecule has 0 saturated carbocycles. The number of urea groups is 1. The molecule has 9 nitrogen and oxygen atoms in total. The first-order valence-electron chi connectivity index (χ1n) is 9.44. The summed E-state index contributed by atoms with van der Waals surface area (Å²) in [7, 11) is 4.07. The summed E-state index contributed by atoms with van der Waals surface area (Å²) in [4.78, 5) is 38.2. The quantitative estimate of drug-likeness (QED) is 0.606. The highest BCUT2D eigenvalue weighted by atomic mass is 19.4. The molecule has 2 N–H and O–H groups in total. The third kappa shape index (κ3) is 4.36. The minimum atomic E-state index is -5.33. The lowest BCUT2D eigenvalue weighted by Gasteiger charge is -2.30. The zero-order valence-electron chi connectivity index (χ0n) is 17.8. The minimum Gasteiger partial charge on any atom is -0.497 e. The Balaban J connectivity index is 1.90. The van der Waals surface area contributed by atoms with E-state index in [0.29, 0.717) is 16.2 Å². The number of hydrogen-bond acceptors (Lipinski definition) is 6. The van der Waals surface area contributed by atoms with Crippen LogP contribution in [0.3, 0.4) is 0 Å². The first-order chi connectivity index (χ1) is 15.6. The zero-order valence-corrected chi connectivity index (χ0v) is 17.8. The third-order valence-electron chi connectivity index (χ3n) is 4.98. The molecule has 2 aromatic rings. The first kappa shape index (κ1) is 23.7.